The Balaban J connectivity index is 1.91. The van der Waals surface area contributed by atoms with E-state index in [0.29, 0.717) is 22.6 Å². The highest BCUT2D eigenvalue weighted by Crippen LogP contribution is 2.26. The highest BCUT2D eigenvalue weighted by atomic mass is 35.5. The highest BCUT2D eigenvalue weighted by molar-refractivity contribution is 7.89. The predicted molar refractivity (Wildman–Crippen MR) is 114 cm³/mol. The normalized spacial score (nSPS) is 11.4. The Hall–Kier alpha value is -3.19. The van der Waals surface area contributed by atoms with E-state index in [2.05, 4.69) is 11.2 Å². The van der Waals surface area contributed by atoms with Gasteiger partial charge in [0.25, 0.3) is 0 Å². The minimum absolute atomic E-state index is 0.00482. The van der Waals surface area contributed by atoms with E-state index in [1.807, 2.05) is 30.3 Å². The van der Waals surface area contributed by atoms with Crippen molar-refractivity contribution >= 4 is 27.6 Å². The molecule has 0 aliphatic heterocycles. The summed E-state index contributed by atoms with van der Waals surface area (Å²) in [5.74, 6) is -0.755. The third-order valence-corrected chi connectivity index (χ3v) is 6.83. The van der Waals surface area contributed by atoms with Crippen molar-refractivity contribution in [1.82, 2.24) is 14.1 Å². The maximum absolute atomic E-state index is 12.6. The fraction of sp³-hybridized carbons (Fsp3) is 0.190. The van der Waals surface area contributed by atoms with Crippen LogP contribution in [0.1, 0.15) is 27.3 Å². The predicted octanol–water partition coefficient (Wildman–Crippen LogP) is 3.31. The summed E-state index contributed by atoms with van der Waals surface area (Å²) in [6, 6.07) is 15.1. The number of benzene rings is 2. The van der Waals surface area contributed by atoms with Gasteiger partial charge in [-0.3, -0.25) is 0 Å². The maximum atomic E-state index is 12.6. The van der Waals surface area contributed by atoms with E-state index in [4.69, 9.17) is 16.3 Å². The number of nitrogens with zero attached hydrogens (tertiary/aromatic N) is 4. The molecule has 0 spiro atoms. The number of nitriles is 1. The zero-order chi connectivity index (χ0) is 22.8. The molecule has 10 heteroatoms. The zero-order valence-electron chi connectivity index (χ0n) is 17.0. The standard InChI is InChI=1S/C21H19ClN4O4S/c1-14-17(12-23)19(26(24-14)16-7-5-4-6-8-16)13-30-21(27)15-9-10-18(22)20(11-15)31(28,29)25(2)3/h4-11H,13H2,1-3H3. The Morgan fingerprint density at radius 2 is 1.90 bits per heavy atom. The van der Waals surface area contributed by atoms with E-state index in [1.54, 1.807) is 11.6 Å². The number of sulfonamides is 1. The lowest BCUT2D eigenvalue weighted by Crippen LogP contribution is -2.23. The Morgan fingerprint density at radius 3 is 2.52 bits per heavy atom. The molecule has 3 aromatic rings. The van der Waals surface area contributed by atoms with Crippen molar-refractivity contribution in [3.8, 4) is 11.8 Å². The molecule has 2 aromatic carbocycles. The molecule has 1 aromatic heterocycles. The van der Waals surface area contributed by atoms with Crippen molar-refractivity contribution in [1.29, 1.82) is 5.26 Å². The lowest BCUT2D eigenvalue weighted by Gasteiger charge is -2.14. The van der Waals surface area contributed by atoms with Crippen LogP contribution in [0.5, 0.6) is 0 Å². The number of halogens is 1. The number of esters is 1. The third kappa shape index (κ3) is 4.46. The van der Waals surface area contributed by atoms with Gasteiger partial charge in [-0.2, -0.15) is 10.4 Å². The number of aryl methyl sites for hydroxylation is 1. The topological polar surface area (TPSA) is 105 Å². The molecule has 1 heterocycles. The number of aromatic nitrogens is 2. The van der Waals surface area contributed by atoms with Crippen LogP contribution in [0.25, 0.3) is 5.69 Å². The first-order valence-electron chi connectivity index (χ1n) is 9.10. The van der Waals surface area contributed by atoms with E-state index >= 15 is 0 Å². The number of para-hydroxylation sites is 1. The highest BCUT2D eigenvalue weighted by Gasteiger charge is 2.24. The van der Waals surface area contributed by atoms with Crippen LogP contribution in [0.15, 0.2) is 53.4 Å². The molecule has 0 aliphatic rings. The van der Waals surface area contributed by atoms with Crippen LogP contribution in [0.3, 0.4) is 0 Å². The minimum atomic E-state index is -3.84. The van der Waals surface area contributed by atoms with Crippen molar-refractivity contribution in [3.63, 3.8) is 0 Å². The summed E-state index contributed by atoms with van der Waals surface area (Å²) in [4.78, 5) is 12.4. The molecule has 0 fully saturated rings. The second-order valence-corrected chi connectivity index (χ2v) is 9.30. The van der Waals surface area contributed by atoms with Crippen molar-refractivity contribution in [2.75, 3.05) is 14.1 Å². The van der Waals surface area contributed by atoms with E-state index in [-0.39, 0.29) is 22.1 Å². The average molecular weight is 459 g/mol. The third-order valence-electron chi connectivity index (χ3n) is 4.53. The minimum Gasteiger partial charge on any atom is -0.456 e. The molecule has 0 saturated heterocycles. The summed E-state index contributed by atoms with van der Waals surface area (Å²) < 4.78 is 32.8. The van der Waals surface area contributed by atoms with Gasteiger partial charge < -0.3 is 4.74 Å². The van der Waals surface area contributed by atoms with E-state index < -0.39 is 16.0 Å². The van der Waals surface area contributed by atoms with E-state index in [0.717, 1.165) is 4.31 Å². The molecule has 31 heavy (non-hydrogen) atoms. The van der Waals surface area contributed by atoms with Gasteiger partial charge in [-0.25, -0.2) is 22.2 Å². The van der Waals surface area contributed by atoms with Crippen LogP contribution in [-0.2, 0) is 21.4 Å². The van der Waals surface area contributed by atoms with Gasteiger partial charge in [0.05, 0.1) is 27.7 Å². The van der Waals surface area contributed by atoms with Gasteiger partial charge in [-0.15, -0.1) is 0 Å². The van der Waals surface area contributed by atoms with Crippen LogP contribution in [0.4, 0.5) is 0 Å². The summed E-state index contributed by atoms with van der Waals surface area (Å²) in [6.07, 6.45) is 0. The van der Waals surface area contributed by atoms with Gasteiger partial charge in [-0.05, 0) is 37.3 Å². The summed E-state index contributed by atoms with van der Waals surface area (Å²) in [6.45, 7) is 1.47. The first-order chi connectivity index (χ1) is 14.7. The maximum Gasteiger partial charge on any atom is 0.338 e. The number of ether oxygens (including phenoxy) is 1. The number of hydrogen-bond donors (Lipinski definition) is 0. The number of rotatable bonds is 6. The lowest BCUT2D eigenvalue weighted by atomic mass is 10.2. The zero-order valence-corrected chi connectivity index (χ0v) is 18.6. The van der Waals surface area contributed by atoms with Crippen molar-refractivity contribution in [3.05, 3.63) is 76.1 Å². The second kappa shape index (κ2) is 8.89. The summed E-state index contributed by atoms with van der Waals surface area (Å²) in [5, 5.41) is 13.9. The van der Waals surface area contributed by atoms with E-state index in [1.165, 1.54) is 32.3 Å². The van der Waals surface area contributed by atoms with Gasteiger partial charge in [0.2, 0.25) is 10.0 Å². The molecule has 3 rings (SSSR count). The molecule has 0 bridgehead atoms. The molecule has 8 nitrogen and oxygen atoms in total. The Kier molecular flexibility index (Phi) is 6.45. The fourth-order valence-corrected chi connectivity index (χ4v) is 4.27. The Morgan fingerprint density at radius 1 is 1.23 bits per heavy atom. The molecule has 160 valence electrons. The molecular formula is C21H19ClN4O4S. The molecule has 0 aliphatic carbocycles. The van der Waals surface area contributed by atoms with Gasteiger partial charge in [0, 0.05) is 14.1 Å². The molecule has 0 amide bonds. The molecule has 0 atom stereocenters. The second-order valence-electron chi connectivity index (χ2n) is 6.78. The molecule has 0 unspecified atom stereocenters. The van der Waals surface area contributed by atoms with Crippen molar-refractivity contribution in [2.45, 2.75) is 18.4 Å². The van der Waals surface area contributed by atoms with Crippen molar-refractivity contribution in [2.24, 2.45) is 0 Å². The SMILES string of the molecule is Cc1nn(-c2ccccc2)c(COC(=O)c2ccc(Cl)c(S(=O)(=O)N(C)C)c2)c1C#N. The Labute approximate surface area is 185 Å². The molecular weight excluding hydrogens is 440 g/mol. The monoisotopic (exact) mass is 458 g/mol. The largest absolute Gasteiger partial charge is 0.456 e. The van der Waals surface area contributed by atoms with E-state index in [9.17, 15) is 18.5 Å². The summed E-state index contributed by atoms with van der Waals surface area (Å²) in [5.41, 5.74) is 1.95. The van der Waals surface area contributed by atoms with Gasteiger partial charge in [0.15, 0.2) is 0 Å². The van der Waals surface area contributed by atoms with Crippen LogP contribution >= 0.6 is 11.6 Å². The average Bonchev–Trinajstić information content (AvgIpc) is 3.07. The lowest BCUT2D eigenvalue weighted by molar-refractivity contribution is 0.0464. The van der Waals surface area contributed by atoms with Crippen LogP contribution in [-0.4, -0.2) is 42.6 Å². The summed E-state index contributed by atoms with van der Waals surface area (Å²) in [7, 11) is -1.11. The first kappa shape index (κ1) is 22.5. The van der Waals surface area contributed by atoms with Gasteiger partial charge in [-0.1, -0.05) is 29.8 Å². The summed E-state index contributed by atoms with van der Waals surface area (Å²) >= 11 is 6.03. The van der Waals surface area contributed by atoms with Gasteiger partial charge in [0.1, 0.15) is 23.1 Å². The quantitative estimate of drug-likeness (QED) is 0.524. The fourth-order valence-electron chi connectivity index (χ4n) is 2.88. The molecule has 0 N–H and O–H groups in total. The van der Waals surface area contributed by atoms with Gasteiger partial charge >= 0.3 is 5.97 Å². The van der Waals surface area contributed by atoms with Crippen LogP contribution in [0, 0.1) is 18.3 Å². The molecule has 0 radical (unpaired) electrons. The first-order valence-corrected chi connectivity index (χ1v) is 10.9. The number of hydrogen-bond acceptors (Lipinski definition) is 6. The van der Waals surface area contributed by atoms with Crippen LogP contribution in [0.2, 0.25) is 5.02 Å². The Bertz CT molecular complexity index is 1280. The molecule has 0 saturated carbocycles. The van der Waals surface area contributed by atoms with Crippen molar-refractivity contribution < 1.29 is 17.9 Å². The number of carbonyl (C=O) groups excluding carboxylic acids is 1. The van der Waals surface area contributed by atoms with Crippen LogP contribution < -0.4 is 0 Å². The number of carbonyl (C=O) groups is 1. The smallest absolute Gasteiger partial charge is 0.338 e.